The summed E-state index contributed by atoms with van der Waals surface area (Å²) in [6.45, 7) is 3.98. The predicted molar refractivity (Wildman–Crippen MR) is 86.6 cm³/mol. The normalized spacial score (nSPS) is 11.7. The molecule has 2 aromatic carbocycles. The number of halogens is 1. The maximum atomic E-state index is 14.0. The van der Waals surface area contributed by atoms with Gasteiger partial charge in [-0.05, 0) is 36.8 Å². The number of nitrogens with one attached hydrogen (secondary N) is 1. The minimum atomic E-state index is -0.232. The van der Waals surface area contributed by atoms with E-state index in [9.17, 15) is 4.39 Å². The van der Waals surface area contributed by atoms with Gasteiger partial charge in [0.05, 0.1) is 12.6 Å². The highest BCUT2D eigenvalue weighted by Crippen LogP contribution is 2.26. The standard InChI is InChI=1S/C18H20FNO2/c1-2-5-18(16-6-3-4-7-17(16)19)20-14-8-10-15(11-9-14)22-13-12-21/h2-4,6-11,18,20-21H,1,5,12-13H2. The Morgan fingerprint density at radius 1 is 1.18 bits per heavy atom. The van der Waals surface area contributed by atoms with Gasteiger partial charge in [-0.15, -0.1) is 6.58 Å². The molecule has 2 N–H and O–H groups in total. The van der Waals surface area contributed by atoms with Crippen molar-refractivity contribution >= 4 is 5.69 Å². The number of aliphatic hydroxyl groups excluding tert-OH is 1. The van der Waals surface area contributed by atoms with Gasteiger partial charge < -0.3 is 15.2 Å². The van der Waals surface area contributed by atoms with Crippen molar-refractivity contribution in [1.82, 2.24) is 0 Å². The molecule has 0 saturated heterocycles. The Balaban J connectivity index is 2.11. The fourth-order valence-electron chi connectivity index (χ4n) is 2.20. The molecule has 0 bridgehead atoms. The second-order valence-corrected chi connectivity index (χ2v) is 4.84. The van der Waals surface area contributed by atoms with Gasteiger partial charge in [0.2, 0.25) is 0 Å². The summed E-state index contributed by atoms with van der Waals surface area (Å²) >= 11 is 0. The molecule has 0 aromatic heterocycles. The van der Waals surface area contributed by atoms with E-state index in [0.717, 1.165) is 5.69 Å². The van der Waals surface area contributed by atoms with Crippen molar-refractivity contribution in [3.63, 3.8) is 0 Å². The van der Waals surface area contributed by atoms with Crippen molar-refractivity contribution in [2.75, 3.05) is 18.5 Å². The Morgan fingerprint density at radius 2 is 1.91 bits per heavy atom. The van der Waals surface area contributed by atoms with Crippen LogP contribution in [0.2, 0.25) is 0 Å². The molecule has 0 heterocycles. The van der Waals surface area contributed by atoms with Crippen molar-refractivity contribution in [3.8, 4) is 5.75 Å². The van der Waals surface area contributed by atoms with Crippen LogP contribution in [0.4, 0.5) is 10.1 Å². The summed E-state index contributed by atoms with van der Waals surface area (Å²) in [4.78, 5) is 0. The topological polar surface area (TPSA) is 41.5 Å². The molecule has 2 rings (SSSR count). The van der Waals surface area contributed by atoms with Crippen molar-refractivity contribution in [2.45, 2.75) is 12.5 Å². The van der Waals surface area contributed by atoms with Gasteiger partial charge in [0.25, 0.3) is 0 Å². The molecule has 0 amide bonds. The highest BCUT2D eigenvalue weighted by Gasteiger charge is 2.13. The zero-order chi connectivity index (χ0) is 15.8. The number of hydrogen-bond acceptors (Lipinski definition) is 3. The predicted octanol–water partition coefficient (Wildman–Crippen LogP) is 3.93. The number of hydrogen-bond donors (Lipinski definition) is 2. The van der Waals surface area contributed by atoms with Crippen LogP contribution in [0.3, 0.4) is 0 Å². The average molecular weight is 301 g/mol. The first kappa shape index (κ1) is 16.0. The number of rotatable bonds is 8. The molecule has 0 aliphatic carbocycles. The Bertz CT molecular complexity index is 598. The van der Waals surface area contributed by atoms with E-state index in [1.807, 2.05) is 30.3 Å². The number of anilines is 1. The Labute approximate surface area is 130 Å². The molecule has 22 heavy (non-hydrogen) atoms. The zero-order valence-corrected chi connectivity index (χ0v) is 12.3. The van der Waals surface area contributed by atoms with Crippen LogP contribution in [0.5, 0.6) is 5.75 Å². The van der Waals surface area contributed by atoms with Crippen LogP contribution in [-0.4, -0.2) is 18.3 Å². The van der Waals surface area contributed by atoms with Crippen molar-refractivity contribution < 1.29 is 14.2 Å². The van der Waals surface area contributed by atoms with Gasteiger partial charge in [-0.1, -0.05) is 24.3 Å². The molecule has 3 nitrogen and oxygen atoms in total. The third kappa shape index (κ3) is 4.33. The molecular weight excluding hydrogens is 281 g/mol. The maximum Gasteiger partial charge on any atom is 0.128 e. The Hall–Kier alpha value is -2.33. The maximum absolute atomic E-state index is 14.0. The highest BCUT2D eigenvalue weighted by atomic mass is 19.1. The van der Waals surface area contributed by atoms with Crippen molar-refractivity contribution in [3.05, 3.63) is 72.6 Å². The summed E-state index contributed by atoms with van der Waals surface area (Å²) in [7, 11) is 0. The SMILES string of the molecule is C=CCC(Nc1ccc(OCCO)cc1)c1ccccc1F. The zero-order valence-electron chi connectivity index (χ0n) is 12.3. The van der Waals surface area contributed by atoms with Gasteiger partial charge in [-0.3, -0.25) is 0 Å². The van der Waals surface area contributed by atoms with Crippen LogP contribution < -0.4 is 10.1 Å². The van der Waals surface area contributed by atoms with Gasteiger partial charge in [0.1, 0.15) is 18.2 Å². The van der Waals surface area contributed by atoms with Gasteiger partial charge in [-0.25, -0.2) is 4.39 Å². The molecule has 1 unspecified atom stereocenters. The second kappa shape index (κ2) is 8.20. The first-order chi connectivity index (χ1) is 10.7. The van der Waals surface area contributed by atoms with E-state index in [2.05, 4.69) is 11.9 Å². The minimum absolute atomic E-state index is 0.0192. The molecule has 116 valence electrons. The molecule has 1 atom stereocenters. The molecule has 2 aromatic rings. The molecule has 0 radical (unpaired) electrons. The lowest BCUT2D eigenvalue weighted by atomic mass is 10.0. The molecule has 0 saturated carbocycles. The van der Waals surface area contributed by atoms with E-state index in [1.54, 1.807) is 18.2 Å². The smallest absolute Gasteiger partial charge is 0.128 e. The first-order valence-corrected chi connectivity index (χ1v) is 7.20. The number of ether oxygens (including phenoxy) is 1. The Kier molecular flexibility index (Phi) is 5.98. The van der Waals surface area contributed by atoms with Gasteiger partial charge in [0, 0.05) is 11.3 Å². The van der Waals surface area contributed by atoms with E-state index in [-0.39, 0.29) is 25.1 Å². The van der Waals surface area contributed by atoms with Crippen LogP contribution in [0, 0.1) is 5.82 Å². The van der Waals surface area contributed by atoms with Crippen LogP contribution in [0.25, 0.3) is 0 Å². The first-order valence-electron chi connectivity index (χ1n) is 7.20. The van der Waals surface area contributed by atoms with Crippen LogP contribution >= 0.6 is 0 Å². The van der Waals surface area contributed by atoms with E-state index in [1.165, 1.54) is 6.07 Å². The minimum Gasteiger partial charge on any atom is -0.491 e. The summed E-state index contributed by atoms with van der Waals surface area (Å²) in [6, 6.07) is 13.9. The van der Waals surface area contributed by atoms with Gasteiger partial charge in [0.15, 0.2) is 0 Å². The van der Waals surface area contributed by atoms with Gasteiger partial charge >= 0.3 is 0 Å². The van der Waals surface area contributed by atoms with E-state index in [0.29, 0.717) is 17.7 Å². The van der Waals surface area contributed by atoms with Crippen molar-refractivity contribution in [2.24, 2.45) is 0 Å². The third-order valence-corrected chi connectivity index (χ3v) is 3.24. The lowest BCUT2D eigenvalue weighted by Crippen LogP contribution is -2.11. The molecule has 4 heteroatoms. The second-order valence-electron chi connectivity index (χ2n) is 4.84. The van der Waals surface area contributed by atoms with Crippen LogP contribution in [0.15, 0.2) is 61.2 Å². The monoisotopic (exact) mass is 301 g/mol. The lowest BCUT2D eigenvalue weighted by molar-refractivity contribution is 0.201. The quantitative estimate of drug-likeness (QED) is 0.726. The fraction of sp³-hybridized carbons (Fsp3) is 0.222. The van der Waals surface area contributed by atoms with E-state index in [4.69, 9.17) is 9.84 Å². The largest absolute Gasteiger partial charge is 0.491 e. The average Bonchev–Trinajstić information content (AvgIpc) is 2.54. The lowest BCUT2D eigenvalue weighted by Gasteiger charge is -2.20. The highest BCUT2D eigenvalue weighted by molar-refractivity contribution is 5.48. The van der Waals surface area contributed by atoms with Crippen molar-refractivity contribution in [1.29, 1.82) is 0 Å². The molecular formula is C18H20FNO2. The molecule has 0 aliphatic heterocycles. The van der Waals surface area contributed by atoms with E-state index < -0.39 is 0 Å². The fourth-order valence-corrected chi connectivity index (χ4v) is 2.20. The third-order valence-electron chi connectivity index (χ3n) is 3.24. The van der Waals surface area contributed by atoms with Gasteiger partial charge in [-0.2, -0.15) is 0 Å². The summed E-state index contributed by atoms with van der Waals surface area (Å²) in [6.07, 6.45) is 2.38. The van der Waals surface area contributed by atoms with Crippen LogP contribution in [0.1, 0.15) is 18.0 Å². The summed E-state index contributed by atoms with van der Waals surface area (Å²) < 4.78 is 19.3. The Morgan fingerprint density at radius 3 is 2.55 bits per heavy atom. The summed E-state index contributed by atoms with van der Waals surface area (Å²) in [5.74, 6) is 0.454. The number of benzene rings is 2. The number of aliphatic hydroxyl groups is 1. The summed E-state index contributed by atoms with van der Waals surface area (Å²) in [5.41, 5.74) is 1.48. The molecule has 0 fully saturated rings. The van der Waals surface area contributed by atoms with Crippen LogP contribution in [-0.2, 0) is 0 Å². The summed E-state index contributed by atoms with van der Waals surface area (Å²) in [5, 5.41) is 12.0. The molecule has 0 aliphatic rings. The van der Waals surface area contributed by atoms with E-state index >= 15 is 0 Å². The molecule has 0 spiro atoms.